The second-order valence-electron chi connectivity index (χ2n) is 7.57. The van der Waals surface area contributed by atoms with Gasteiger partial charge in [0.25, 0.3) is 0 Å². The van der Waals surface area contributed by atoms with Crippen molar-refractivity contribution in [1.82, 2.24) is 15.1 Å². The summed E-state index contributed by atoms with van der Waals surface area (Å²) in [6.07, 6.45) is 5.04. The Morgan fingerprint density at radius 1 is 1.29 bits per heavy atom. The first kappa shape index (κ1) is 23.2. The normalized spacial score (nSPS) is 22.1. The number of aliphatic imine (C=N–C) groups is 1. The molecule has 2 unspecified atom stereocenters. The van der Waals surface area contributed by atoms with E-state index in [0.717, 1.165) is 31.9 Å². The van der Waals surface area contributed by atoms with Crippen molar-refractivity contribution >= 4 is 29.9 Å². The summed E-state index contributed by atoms with van der Waals surface area (Å²) in [7, 11) is 1.71. The molecule has 2 atom stereocenters. The van der Waals surface area contributed by atoms with E-state index in [4.69, 9.17) is 15.5 Å². The molecule has 6 nitrogen and oxygen atoms in total. The third-order valence-corrected chi connectivity index (χ3v) is 5.92. The molecule has 2 aliphatic rings. The first-order chi connectivity index (χ1) is 13.2. The molecule has 0 bridgehead atoms. The molecule has 1 aromatic carbocycles. The predicted molar refractivity (Wildman–Crippen MR) is 127 cm³/mol. The lowest BCUT2D eigenvalue weighted by Gasteiger charge is -2.27. The van der Waals surface area contributed by atoms with Gasteiger partial charge in [0.15, 0.2) is 5.96 Å². The third kappa shape index (κ3) is 6.22. The van der Waals surface area contributed by atoms with Gasteiger partial charge in [-0.3, -0.25) is 14.8 Å². The zero-order chi connectivity index (χ0) is 19.1. The van der Waals surface area contributed by atoms with Gasteiger partial charge in [-0.15, -0.1) is 24.0 Å². The van der Waals surface area contributed by atoms with Crippen molar-refractivity contribution in [1.29, 1.82) is 0 Å². The van der Waals surface area contributed by atoms with E-state index in [2.05, 4.69) is 40.2 Å². The van der Waals surface area contributed by atoms with E-state index < -0.39 is 0 Å². The monoisotopic (exact) mass is 501 g/mol. The van der Waals surface area contributed by atoms with E-state index in [1.165, 1.54) is 37.8 Å². The lowest BCUT2D eigenvalue weighted by molar-refractivity contribution is 0.250. The summed E-state index contributed by atoms with van der Waals surface area (Å²) >= 11 is 0. The molecule has 0 amide bonds. The SMILES string of the molecule is CCN1CCCC1CNC(N)=NCC(c1cccc(OC)c1)N1CCCC1.I. The van der Waals surface area contributed by atoms with E-state index in [-0.39, 0.29) is 30.0 Å². The summed E-state index contributed by atoms with van der Waals surface area (Å²) in [5.41, 5.74) is 7.45. The Kier molecular flexibility index (Phi) is 9.81. The van der Waals surface area contributed by atoms with Crippen molar-refractivity contribution in [3.8, 4) is 5.75 Å². The van der Waals surface area contributed by atoms with Crippen molar-refractivity contribution in [2.75, 3.05) is 46.4 Å². The molecule has 0 radical (unpaired) electrons. The topological polar surface area (TPSA) is 66.1 Å². The summed E-state index contributed by atoms with van der Waals surface area (Å²) in [6, 6.07) is 9.17. The number of nitrogens with zero attached hydrogens (tertiary/aromatic N) is 3. The number of likely N-dealkylation sites (tertiary alicyclic amines) is 2. The number of halogens is 1. The fourth-order valence-corrected chi connectivity index (χ4v) is 4.34. The number of ether oxygens (including phenoxy) is 1. The van der Waals surface area contributed by atoms with Crippen LogP contribution in [0.15, 0.2) is 29.3 Å². The van der Waals surface area contributed by atoms with Gasteiger partial charge in [0.2, 0.25) is 0 Å². The number of rotatable bonds is 8. The smallest absolute Gasteiger partial charge is 0.188 e. The van der Waals surface area contributed by atoms with Gasteiger partial charge in [0.1, 0.15) is 5.75 Å². The van der Waals surface area contributed by atoms with Crippen molar-refractivity contribution < 1.29 is 4.74 Å². The van der Waals surface area contributed by atoms with Crippen molar-refractivity contribution in [2.45, 2.75) is 44.7 Å². The maximum atomic E-state index is 6.20. The van der Waals surface area contributed by atoms with Crippen LogP contribution >= 0.6 is 24.0 Å². The maximum Gasteiger partial charge on any atom is 0.188 e. The van der Waals surface area contributed by atoms with Crippen LogP contribution in [0, 0.1) is 0 Å². The van der Waals surface area contributed by atoms with E-state index >= 15 is 0 Å². The zero-order valence-electron chi connectivity index (χ0n) is 17.3. The van der Waals surface area contributed by atoms with E-state index in [9.17, 15) is 0 Å². The van der Waals surface area contributed by atoms with Crippen LogP contribution in [-0.2, 0) is 0 Å². The van der Waals surface area contributed by atoms with Gasteiger partial charge < -0.3 is 15.8 Å². The van der Waals surface area contributed by atoms with Crippen LogP contribution in [0.25, 0.3) is 0 Å². The highest BCUT2D eigenvalue weighted by atomic mass is 127. The van der Waals surface area contributed by atoms with Crippen molar-refractivity contribution in [3.05, 3.63) is 29.8 Å². The number of methoxy groups -OCH3 is 1. The molecule has 3 N–H and O–H groups in total. The standard InChI is InChI=1S/C21H35N5O.HI/c1-3-25-13-7-9-18(25)15-23-21(22)24-16-20(26-11-4-5-12-26)17-8-6-10-19(14-17)27-2;/h6,8,10,14,18,20H,3-5,7,9,11-13,15-16H2,1-2H3,(H3,22,23,24);1H. The Morgan fingerprint density at radius 2 is 2.07 bits per heavy atom. The molecule has 3 rings (SSSR count). The number of nitrogens with two attached hydrogens (primary N) is 1. The summed E-state index contributed by atoms with van der Waals surface area (Å²) in [5, 5.41) is 3.35. The molecule has 7 heteroatoms. The van der Waals surface area contributed by atoms with Gasteiger partial charge >= 0.3 is 0 Å². The van der Waals surface area contributed by atoms with E-state index in [1.54, 1.807) is 7.11 Å². The van der Waals surface area contributed by atoms with E-state index in [1.807, 2.05) is 6.07 Å². The average molecular weight is 501 g/mol. The Hall–Kier alpha value is -1.06. The second kappa shape index (κ2) is 11.8. The number of benzene rings is 1. The highest BCUT2D eigenvalue weighted by molar-refractivity contribution is 14.0. The molecule has 0 spiro atoms. The minimum absolute atomic E-state index is 0. The molecular formula is C21H36IN5O. The van der Waals surface area contributed by atoms with Crippen LogP contribution in [0.4, 0.5) is 0 Å². The minimum atomic E-state index is 0. The largest absolute Gasteiger partial charge is 0.497 e. The van der Waals surface area contributed by atoms with E-state index in [0.29, 0.717) is 18.5 Å². The molecule has 28 heavy (non-hydrogen) atoms. The number of likely N-dealkylation sites (N-methyl/N-ethyl adjacent to an activating group) is 1. The highest BCUT2D eigenvalue weighted by Gasteiger charge is 2.24. The highest BCUT2D eigenvalue weighted by Crippen LogP contribution is 2.27. The van der Waals surface area contributed by atoms with Crippen molar-refractivity contribution in [3.63, 3.8) is 0 Å². The number of hydrogen-bond acceptors (Lipinski definition) is 4. The van der Waals surface area contributed by atoms with Gasteiger partial charge in [-0.2, -0.15) is 0 Å². The molecule has 1 aromatic rings. The fourth-order valence-electron chi connectivity index (χ4n) is 4.34. The average Bonchev–Trinajstić information content (AvgIpc) is 3.38. The number of nitrogens with one attached hydrogen (secondary N) is 1. The lowest BCUT2D eigenvalue weighted by atomic mass is 10.1. The zero-order valence-corrected chi connectivity index (χ0v) is 19.6. The van der Waals surface area contributed by atoms with Crippen molar-refractivity contribution in [2.24, 2.45) is 10.7 Å². The lowest BCUT2D eigenvalue weighted by Crippen LogP contribution is -2.43. The fraction of sp³-hybridized carbons (Fsp3) is 0.667. The molecule has 0 aromatic heterocycles. The molecule has 158 valence electrons. The van der Waals surface area contributed by atoms with Crippen LogP contribution in [0.5, 0.6) is 5.75 Å². The Morgan fingerprint density at radius 3 is 2.79 bits per heavy atom. The Balaban J connectivity index is 0.00000280. The Bertz CT molecular complexity index is 621. The van der Waals surface area contributed by atoms with Crippen LogP contribution in [-0.4, -0.2) is 68.2 Å². The third-order valence-electron chi connectivity index (χ3n) is 5.92. The summed E-state index contributed by atoms with van der Waals surface area (Å²) in [6.45, 7) is 8.34. The van der Waals surface area contributed by atoms with Crippen LogP contribution in [0.2, 0.25) is 0 Å². The van der Waals surface area contributed by atoms with Gasteiger partial charge in [0, 0.05) is 12.6 Å². The molecule has 0 saturated carbocycles. The Labute approximate surface area is 186 Å². The molecular weight excluding hydrogens is 465 g/mol. The summed E-state index contributed by atoms with van der Waals surface area (Å²) in [5.74, 6) is 1.46. The molecule has 2 fully saturated rings. The number of guanidine groups is 1. The molecule has 2 saturated heterocycles. The molecule has 2 heterocycles. The minimum Gasteiger partial charge on any atom is -0.497 e. The summed E-state index contributed by atoms with van der Waals surface area (Å²) in [4.78, 5) is 9.73. The van der Waals surface area contributed by atoms with Crippen LogP contribution in [0.3, 0.4) is 0 Å². The van der Waals surface area contributed by atoms with Gasteiger partial charge in [0.05, 0.1) is 19.7 Å². The first-order valence-corrected chi connectivity index (χ1v) is 10.4. The molecule has 2 aliphatic heterocycles. The van der Waals surface area contributed by atoms with Gasteiger partial charge in [-0.25, -0.2) is 0 Å². The predicted octanol–water partition coefficient (Wildman–Crippen LogP) is 2.84. The van der Waals surface area contributed by atoms with Gasteiger partial charge in [-0.05, 0) is 69.6 Å². The maximum absolute atomic E-state index is 6.20. The van der Waals surface area contributed by atoms with Crippen LogP contribution < -0.4 is 15.8 Å². The quantitative estimate of drug-likeness (QED) is 0.326. The second-order valence-corrected chi connectivity index (χ2v) is 7.57. The number of hydrogen-bond donors (Lipinski definition) is 2. The summed E-state index contributed by atoms with van der Waals surface area (Å²) < 4.78 is 5.41. The van der Waals surface area contributed by atoms with Crippen LogP contribution in [0.1, 0.15) is 44.2 Å². The van der Waals surface area contributed by atoms with Gasteiger partial charge in [-0.1, -0.05) is 19.1 Å². The first-order valence-electron chi connectivity index (χ1n) is 10.4. The molecule has 0 aliphatic carbocycles.